The molecule has 3 rings (SSSR count). The number of cyclic esters (lactones) is 1. The molecule has 0 unspecified atom stereocenters. The van der Waals surface area contributed by atoms with E-state index in [9.17, 15) is 14.7 Å². The van der Waals surface area contributed by atoms with Gasteiger partial charge in [-0.15, -0.1) is 0 Å². The number of phenolic OH excluding ortho intramolecular Hbond substituents is 1. The van der Waals surface area contributed by atoms with Crippen molar-refractivity contribution in [1.29, 1.82) is 0 Å². The first-order valence-electron chi connectivity index (χ1n) is 7.03. The Labute approximate surface area is 131 Å². The summed E-state index contributed by atoms with van der Waals surface area (Å²) in [6, 6.07) is 2.61. The molecule has 2 heterocycles. The van der Waals surface area contributed by atoms with E-state index in [-0.39, 0.29) is 34.3 Å². The van der Waals surface area contributed by atoms with Gasteiger partial charge >= 0.3 is 5.97 Å². The van der Waals surface area contributed by atoms with E-state index < -0.39 is 18.2 Å². The molecule has 1 N–H and O–H groups in total. The highest BCUT2D eigenvalue weighted by atomic mass is 16.6. The van der Waals surface area contributed by atoms with E-state index in [4.69, 9.17) is 18.6 Å². The molecule has 0 aliphatic carbocycles. The van der Waals surface area contributed by atoms with Crippen LogP contribution >= 0.6 is 0 Å². The lowest BCUT2D eigenvalue weighted by atomic mass is 10.0. The molecule has 1 saturated heterocycles. The summed E-state index contributed by atoms with van der Waals surface area (Å²) in [6.45, 7) is 1.62. The van der Waals surface area contributed by atoms with Crippen LogP contribution in [-0.2, 0) is 14.3 Å². The third kappa shape index (κ3) is 2.43. The number of ether oxygens (including phenoxy) is 3. The molecule has 0 amide bonds. The van der Waals surface area contributed by atoms with Gasteiger partial charge in [0.2, 0.25) is 0 Å². The van der Waals surface area contributed by atoms with Crippen LogP contribution in [0.1, 0.15) is 23.8 Å². The summed E-state index contributed by atoms with van der Waals surface area (Å²) in [5.41, 5.74) is 0.188. The zero-order valence-electron chi connectivity index (χ0n) is 12.9. The standard InChI is InChI=1S/C16H16O7/c1-7-4-8(17)13-9(18)5-10(20-2)14(15(13)22-7)11-6-12(21-3)16(19)23-11/h4-5,11-12,18H,6H2,1-3H3/t11-,12+/m0/s1. The Kier molecular flexibility index (Phi) is 3.73. The van der Waals surface area contributed by atoms with Gasteiger partial charge in [0.1, 0.15) is 28.7 Å². The van der Waals surface area contributed by atoms with Crippen LogP contribution in [0.3, 0.4) is 0 Å². The molecule has 7 nitrogen and oxygen atoms in total. The van der Waals surface area contributed by atoms with Gasteiger partial charge in [-0.05, 0) is 6.92 Å². The van der Waals surface area contributed by atoms with Crippen LogP contribution in [0.2, 0.25) is 0 Å². The Morgan fingerprint density at radius 3 is 2.61 bits per heavy atom. The lowest BCUT2D eigenvalue weighted by Crippen LogP contribution is -2.15. The highest BCUT2D eigenvalue weighted by molar-refractivity contribution is 5.89. The average molecular weight is 320 g/mol. The van der Waals surface area contributed by atoms with Gasteiger partial charge in [0.05, 0.1) is 12.7 Å². The molecule has 0 saturated carbocycles. The van der Waals surface area contributed by atoms with Crippen molar-refractivity contribution in [2.24, 2.45) is 0 Å². The highest BCUT2D eigenvalue weighted by Gasteiger charge is 2.39. The van der Waals surface area contributed by atoms with Gasteiger partial charge in [-0.2, -0.15) is 0 Å². The van der Waals surface area contributed by atoms with Gasteiger partial charge in [-0.25, -0.2) is 4.79 Å². The number of hydrogen-bond acceptors (Lipinski definition) is 7. The maximum absolute atomic E-state index is 12.2. The maximum atomic E-state index is 12.2. The summed E-state index contributed by atoms with van der Waals surface area (Å²) >= 11 is 0. The topological polar surface area (TPSA) is 95.2 Å². The average Bonchev–Trinajstić information content (AvgIpc) is 2.86. The van der Waals surface area contributed by atoms with Crippen LogP contribution < -0.4 is 10.2 Å². The number of aryl methyl sites for hydroxylation is 1. The van der Waals surface area contributed by atoms with Crippen molar-refractivity contribution in [3.05, 3.63) is 33.7 Å². The fourth-order valence-corrected chi connectivity index (χ4v) is 2.83. The fraction of sp³-hybridized carbons (Fsp3) is 0.375. The third-order valence-corrected chi connectivity index (χ3v) is 3.88. The molecule has 23 heavy (non-hydrogen) atoms. The Morgan fingerprint density at radius 2 is 2.00 bits per heavy atom. The van der Waals surface area contributed by atoms with Crippen LogP contribution in [0.25, 0.3) is 11.0 Å². The minimum absolute atomic E-state index is 0.0308. The maximum Gasteiger partial charge on any atom is 0.336 e. The first-order valence-corrected chi connectivity index (χ1v) is 7.03. The summed E-state index contributed by atoms with van der Waals surface area (Å²) < 4.78 is 21.3. The minimum atomic E-state index is -0.690. The zero-order chi connectivity index (χ0) is 16.7. The monoisotopic (exact) mass is 320 g/mol. The van der Waals surface area contributed by atoms with Crippen molar-refractivity contribution < 1.29 is 28.5 Å². The smallest absolute Gasteiger partial charge is 0.336 e. The molecular weight excluding hydrogens is 304 g/mol. The Bertz CT molecular complexity index is 836. The Hall–Kier alpha value is -2.54. The summed E-state index contributed by atoms with van der Waals surface area (Å²) in [7, 11) is 2.84. The second kappa shape index (κ2) is 5.58. The summed E-state index contributed by atoms with van der Waals surface area (Å²) in [6.07, 6.45) is -1.11. The molecule has 122 valence electrons. The molecule has 7 heteroatoms. The molecule has 1 aromatic carbocycles. The molecule has 1 fully saturated rings. The van der Waals surface area contributed by atoms with Crippen LogP contribution in [0, 0.1) is 6.92 Å². The second-order valence-electron chi connectivity index (χ2n) is 5.32. The number of carbonyl (C=O) groups excluding carboxylic acids is 1. The van der Waals surface area contributed by atoms with Gasteiger partial charge in [0, 0.05) is 25.7 Å². The number of benzene rings is 1. The van der Waals surface area contributed by atoms with Gasteiger partial charge in [0.15, 0.2) is 17.1 Å². The molecule has 2 aromatic rings. The number of carbonyl (C=O) groups is 1. The number of rotatable bonds is 3. The lowest BCUT2D eigenvalue weighted by molar-refractivity contribution is -0.148. The number of fused-ring (bicyclic) bond motifs is 1. The molecule has 0 spiro atoms. The van der Waals surface area contributed by atoms with E-state index in [2.05, 4.69) is 0 Å². The van der Waals surface area contributed by atoms with Crippen LogP contribution in [0.15, 0.2) is 21.3 Å². The molecule has 1 aliphatic rings. The van der Waals surface area contributed by atoms with Gasteiger partial charge in [0.25, 0.3) is 0 Å². The van der Waals surface area contributed by atoms with Crippen molar-refractivity contribution >= 4 is 16.9 Å². The lowest BCUT2D eigenvalue weighted by Gasteiger charge is -2.16. The second-order valence-corrected chi connectivity index (χ2v) is 5.32. The van der Waals surface area contributed by atoms with E-state index in [1.165, 1.54) is 26.4 Å². The zero-order valence-corrected chi connectivity index (χ0v) is 12.9. The number of phenols is 1. The quantitative estimate of drug-likeness (QED) is 0.862. The van der Waals surface area contributed by atoms with Crippen molar-refractivity contribution in [3.8, 4) is 11.5 Å². The molecular formula is C16H16O7. The Morgan fingerprint density at radius 1 is 1.26 bits per heavy atom. The molecule has 0 radical (unpaired) electrons. The van der Waals surface area contributed by atoms with Crippen LogP contribution in [-0.4, -0.2) is 31.4 Å². The van der Waals surface area contributed by atoms with Crippen molar-refractivity contribution in [2.75, 3.05) is 14.2 Å². The van der Waals surface area contributed by atoms with Gasteiger partial charge < -0.3 is 23.7 Å². The highest BCUT2D eigenvalue weighted by Crippen LogP contribution is 2.43. The Balaban J connectivity index is 2.29. The predicted molar refractivity (Wildman–Crippen MR) is 79.7 cm³/mol. The number of aromatic hydroxyl groups is 1. The number of hydrogen-bond donors (Lipinski definition) is 1. The summed E-state index contributed by atoms with van der Waals surface area (Å²) in [4.78, 5) is 24.0. The molecule has 0 bridgehead atoms. The van der Waals surface area contributed by atoms with E-state index >= 15 is 0 Å². The van der Waals surface area contributed by atoms with Gasteiger partial charge in [-0.1, -0.05) is 0 Å². The first-order chi connectivity index (χ1) is 11.0. The minimum Gasteiger partial charge on any atom is -0.507 e. The largest absolute Gasteiger partial charge is 0.507 e. The van der Waals surface area contributed by atoms with Crippen molar-refractivity contribution in [3.63, 3.8) is 0 Å². The molecule has 1 aromatic heterocycles. The van der Waals surface area contributed by atoms with Gasteiger partial charge in [-0.3, -0.25) is 4.79 Å². The van der Waals surface area contributed by atoms with E-state index in [1.54, 1.807) is 6.92 Å². The van der Waals surface area contributed by atoms with Crippen LogP contribution in [0.4, 0.5) is 0 Å². The van der Waals surface area contributed by atoms with Crippen LogP contribution in [0.5, 0.6) is 11.5 Å². The van der Waals surface area contributed by atoms with E-state index in [0.717, 1.165) is 0 Å². The van der Waals surface area contributed by atoms with Crippen molar-refractivity contribution in [2.45, 2.75) is 25.6 Å². The third-order valence-electron chi connectivity index (χ3n) is 3.88. The number of methoxy groups -OCH3 is 2. The van der Waals surface area contributed by atoms with E-state index in [0.29, 0.717) is 11.3 Å². The molecule has 1 aliphatic heterocycles. The number of esters is 1. The normalized spacial score (nSPS) is 20.7. The first kappa shape index (κ1) is 15.4. The predicted octanol–water partition coefficient (Wildman–Crippen LogP) is 1.82. The fourth-order valence-electron chi connectivity index (χ4n) is 2.83. The van der Waals surface area contributed by atoms with Crippen molar-refractivity contribution in [1.82, 2.24) is 0 Å². The van der Waals surface area contributed by atoms with E-state index in [1.807, 2.05) is 0 Å². The SMILES string of the molecule is COc1cc(O)c2c(=O)cc(C)oc2c1[C@@H]1C[C@@H](OC)C(=O)O1. The summed E-state index contributed by atoms with van der Waals surface area (Å²) in [5, 5.41) is 10.1. The molecule has 2 atom stereocenters. The summed E-state index contributed by atoms with van der Waals surface area (Å²) in [5.74, 6) is -0.0833.